The zero-order chi connectivity index (χ0) is 13.9. The number of hydrogen-bond acceptors (Lipinski definition) is 7. The van der Waals surface area contributed by atoms with Crippen LogP contribution in [0.5, 0.6) is 0 Å². The summed E-state index contributed by atoms with van der Waals surface area (Å²) in [5, 5.41) is 22.8. The Morgan fingerprint density at radius 1 is 1.50 bits per heavy atom. The van der Waals surface area contributed by atoms with E-state index < -0.39 is 10.5 Å². The van der Waals surface area contributed by atoms with E-state index in [0.717, 1.165) is 0 Å². The maximum absolute atomic E-state index is 11.0. The van der Waals surface area contributed by atoms with Crippen molar-refractivity contribution in [3.05, 3.63) is 15.8 Å². The van der Waals surface area contributed by atoms with Gasteiger partial charge in [0.25, 0.3) is 0 Å². The molecule has 0 aliphatic carbocycles. The van der Waals surface area contributed by atoms with Gasteiger partial charge in [0.15, 0.2) is 0 Å². The first kappa shape index (κ1) is 14.1. The fraction of sp³-hybridized carbons (Fsp3) is 0.600. The Kier molecular flexibility index (Phi) is 4.02. The monoisotopic (exact) mass is 255 g/mol. The second-order valence-electron chi connectivity index (χ2n) is 4.60. The Balaban J connectivity index is 3.19. The second kappa shape index (κ2) is 5.13. The fourth-order valence-electron chi connectivity index (χ4n) is 1.56. The number of nitrogens with one attached hydrogen (secondary N) is 1. The Hall–Kier alpha value is -1.96. The summed E-state index contributed by atoms with van der Waals surface area (Å²) in [6.45, 7) is 5.08. The summed E-state index contributed by atoms with van der Waals surface area (Å²) in [7, 11) is 0. The first-order valence-corrected chi connectivity index (χ1v) is 5.44. The summed E-state index contributed by atoms with van der Waals surface area (Å²) in [5.74, 6) is 0.0452. The summed E-state index contributed by atoms with van der Waals surface area (Å²) in [6.07, 6.45) is 0.424. The lowest BCUT2D eigenvalue weighted by molar-refractivity contribution is -0.385. The average molecular weight is 255 g/mol. The van der Waals surface area contributed by atoms with Crippen molar-refractivity contribution in [3.8, 4) is 0 Å². The standard InChI is InChI=1S/C10H17N5O3/c1-6-7(15(17)18)8(13-9(11)12-6)14-10(2,3)4-5-16/h16H,4-5H2,1-3H3,(H3,11,12,13,14). The molecule has 0 unspecified atom stereocenters. The van der Waals surface area contributed by atoms with Crippen LogP contribution in [0.25, 0.3) is 0 Å². The quantitative estimate of drug-likeness (QED) is 0.525. The van der Waals surface area contributed by atoms with Crippen molar-refractivity contribution in [2.24, 2.45) is 0 Å². The minimum Gasteiger partial charge on any atom is -0.396 e. The van der Waals surface area contributed by atoms with Gasteiger partial charge in [0.1, 0.15) is 5.69 Å². The number of nitrogens with zero attached hydrogens (tertiary/aromatic N) is 3. The highest BCUT2D eigenvalue weighted by Gasteiger charge is 2.26. The van der Waals surface area contributed by atoms with E-state index in [2.05, 4.69) is 15.3 Å². The van der Waals surface area contributed by atoms with E-state index in [4.69, 9.17) is 10.8 Å². The maximum Gasteiger partial charge on any atom is 0.332 e. The second-order valence-corrected chi connectivity index (χ2v) is 4.60. The lowest BCUT2D eigenvalue weighted by Crippen LogP contribution is -2.33. The Morgan fingerprint density at radius 2 is 2.11 bits per heavy atom. The maximum atomic E-state index is 11.0. The fourth-order valence-corrected chi connectivity index (χ4v) is 1.56. The lowest BCUT2D eigenvalue weighted by Gasteiger charge is -2.25. The molecule has 1 rings (SSSR count). The predicted molar refractivity (Wildman–Crippen MR) is 67.2 cm³/mol. The van der Waals surface area contributed by atoms with Crippen molar-refractivity contribution >= 4 is 17.5 Å². The van der Waals surface area contributed by atoms with Gasteiger partial charge in [0.05, 0.1) is 4.92 Å². The van der Waals surface area contributed by atoms with Crippen LogP contribution in [0, 0.1) is 17.0 Å². The largest absolute Gasteiger partial charge is 0.396 e. The van der Waals surface area contributed by atoms with E-state index in [9.17, 15) is 10.1 Å². The topological polar surface area (TPSA) is 127 Å². The first-order chi connectivity index (χ1) is 8.26. The first-order valence-electron chi connectivity index (χ1n) is 5.44. The molecular formula is C10H17N5O3. The van der Waals surface area contributed by atoms with Crippen LogP contribution in [0.15, 0.2) is 0 Å². The molecule has 0 aliphatic heterocycles. The molecule has 1 heterocycles. The Labute approximate surface area is 104 Å². The molecule has 0 spiro atoms. The number of aryl methyl sites for hydroxylation is 1. The van der Waals surface area contributed by atoms with Gasteiger partial charge in [-0.1, -0.05) is 0 Å². The molecule has 8 heteroatoms. The van der Waals surface area contributed by atoms with Gasteiger partial charge in [0, 0.05) is 12.1 Å². The molecule has 0 aliphatic rings. The van der Waals surface area contributed by atoms with Crippen LogP contribution < -0.4 is 11.1 Å². The van der Waals surface area contributed by atoms with E-state index >= 15 is 0 Å². The molecule has 100 valence electrons. The van der Waals surface area contributed by atoms with Gasteiger partial charge < -0.3 is 16.2 Å². The zero-order valence-electron chi connectivity index (χ0n) is 10.6. The SMILES string of the molecule is Cc1nc(N)nc(NC(C)(C)CCO)c1[N+](=O)[O-]. The Morgan fingerprint density at radius 3 is 2.61 bits per heavy atom. The molecule has 4 N–H and O–H groups in total. The molecule has 0 atom stereocenters. The third kappa shape index (κ3) is 3.27. The molecule has 0 amide bonds. The number of rotatable bonds is 5. The highest BCUT2D eigenvalue weighted by atomic mass is 16.6. The van der Waals surface area contributed by atoms with Crippen LogP contribution in [0.3, 0.4) is 0 Å². The minimum atomic E-state index is -0.549. The van der Waals surface area contributed by atoms with E-state index in [0.29, 0.717) is 6.42 Å². The van der Waals surface area contributed by atoms with E-state index in [-0.39, 0.29) is 29.8 Å². The number of nitrogens with two attached hydrogens (primary N) is 1. The van der Waals surface area contributed by atoms with Crippen LogP contribution in [0.2, 0.25) is 0 Å². The highest BCUT2D eigenvalue weighted by Crippen LogP contribution is 2.28. The van der Waals surface area contributed by atoms with Crippen LogP contribution in [0.1, 0.15) is 26.0 Å². The molecule has 0 bridgehead atoms. The molecule has 18 heavy (non-hydrogen) atoms. The van der Waals surface area contributed by atoms with E-state index in [1.807, 2.05) is 0 Å². The zero-order valence-corrected chi connectivity index (χ0v) is 10.6. The molecule has 1 aromatic rings. The number of aromatic nitrogens is 2. The van der Waals surface area contributed by atoms with Crippen molar-refractivity contribution in [1.29, 1.82) is 0 Å². The number of nitrogen functional groups attached to an aromatic ring is 1. The van der Waals surface area contributed by atoms with Crippen LogP contribution in [-0.2, 0) is 0 Å². The molecule has 1 aromatic heterocycles. The van der Waals surface area contributed by atoms with Gasteiger partial charge in [-0.2, -0.15) is 4.98 Å². The molecule has 0 saturated heterocycles. The van der Waals surface area contributed by atoms with Crippen molar-refractivity contribution in [3.63, 3.8) is 0 Å². The van der Waals surface area contributed by atoms with Crippen molar-refractivity contribution in [2.75, 3.05) is 17.7 Å². The van der Waals surface area contributed by atoms with Gasteiger partial charge in [-0.3, -0.25) is 10.1 Å². The lowest BCUT2D eigenvalue weighted by atomic mass is 10.0. The molecule has 0 radical (unpaired) electrons. The van der Waals surface area contributed by atoms with Gasteiger partial charge in [-0.25, -0.2) is 4.98 Å². The van der Waals surface area contributed by atoms with Crippen molar-refractivity contribution in [2.45, 2.75) is 32.7 Å². The number of nitro groups is 1. The summed E-state index contributed by atoms with van der Waals surface area (Å²) in [4.78, 5) is 18.1. The number of anilines is 2. The molecular weight excluding hydrogens is 238 g/mol. The van der Waals surface area contributed by atoms with Gasteiger partial charge in [0.2, 0.25) is 11.8 Å². The number of aliphatic hydroxyl groups excluding tert-OH is 1. The average Bonchev–Trinajstić information content (AvgIpc) is 2.13. The summed E-state index contributed by atoms with van der Waals surface area (Å²) < 4.78 is 0. The van der Waals surface area contributed by atoms with Crippen molar-refractivity contribution in [1.82, 2.24) is 9.97 Å². The van der Waals surface area contributed by atoms with Gasteiger partial charge in [-0.15, -0.1) is 0 Å². The summed E-state index contributed by atoms with van der Waals surface area (Å²) in [6, 6.07) is 0. The van der Waals surface area contributed by atoms with Crippen LogP contribution in [0.4, 0.5) is 17.5 Å². The Bertz CT molecular complexity index is 461. The molecule has 8 nitrogen and oxygen atoms in total. The van der Waals surface area contributed by atoms with E-state index in [1.54, 1.807) is 13.8 Å². The smallest absolute Gasteiger partial charge is 0.332 e. The molecule has 0 saturated carbocycles. The molecule has 0 fully saturated rings. The third-order valence-electron chi connectivity index (χ3n) is 2.45. The number of aliphatic hydroxyl groups is 1. The minimum absolute atomic E-state index is 0.0274. The molecule has 0 aromatic carbocycles. The predicted octanol–water partition coefficient (Wildman–Crippen LogP) is 0.848. The van der Waals surface area contributed by atoms with Gasteiger partial charge >= 0.3 is 5.69 Å². The van der Waals surface area contributed by atoms with Crippen molar-refractivity contribution < 1.29 is 10.0 Å². The summed E-state index contributed by atoms with van der Waals surface area (Å²) >= 11 is 0. The normalized spacial score (nSPS) is 11.3. The third-order valence-corrected chi connectivity index (χ3v) is 2.45. The highest BCUT2D eigenvalue weighted by molar-refractivity contribution is 5.61. The van der Waals surface area contributed by atoms with Gasteiger partial charge in [-0.05, 0) is 27.2 Å². The van der Waals surface area contributed by atoms with Crippen LogP contribution >= 0.6 is 0 Å². The van der Waals surface area contributed by atoms with Crippen LogP contribution in [-0.4, -0.2) is 32.1 Å². The number of hydrogen-bond donors (Lipinski definition) is 3. The van der Waals surface area contributed by atoms with E-state index in [1.165, 1.54) is 6.92 Å². The summed E-state index contributed by atoms with van der Waals surface area (Å²) in [5.41, 5.74) is 4.96.